The zero-order valence-corrected chi connectivity index (χ0v) is 17.5. The van der Waals surface area contributed by atoms with Crippen molar-refractivity contribution in [2.24, 2.45) is 0 Å². The highest BCUT2D eigenvalue weighted by molar-refractivity contribution is 6.19. The van der Waals surface area contributed by atoms with Crippen LogP contribution < -0.4 is 5.32 Å². The summed E-state index contributed by atoms with van der Waals surface area (Å²) >= 11 is 5.82. The Bertz CT molecular complexity index is 671. The topological polar surface area (TPSA) is 67.9 Å². The minimum atomic E-state index is -0.883. The first-order valence-corrected chi connectivity index (χ1v) is 9.51. The molecule has 0 saturated carbocycles. The zero-order chi connectivity index (χ0) is 21.2. The first-order valence-electron chi connectivity index (χ1n) is 8.97. The number of alkyl halides is 1. The average Bonchev–Trinajstić information content (AvgIpc) is 2.63. The minimum absolute atomic E-state index is 0.110. The van der Waals surface area contributed by atoms with Crippen molar-refractivity contribution in [3.8, 4) is 0 Å². The van der Waals surface area contributed by atoms with Gasteiger partial charge >= 0.3 is 6.09 Å². The summed E-state index contributed by atoms with van der Waals surface area (Å²) < 4.78 is 5.24. The Hall–Kier alpha value is -2.31. The molecule has 1 rings (SSSR count). The van der Waals surface area contributed by atoms with Crippen molar-refractivity contribution in [3.05, 3.63) is 60.7 Å². The van der Waals surface area contributed by atoms with E-state index in [4.69, 9.17) is 21.2 Å². The van der Waals surface area contributed by atoms with Crippen LogP contribution in [0.15, 0.2) is 55.1 Å². The summed E-state index contributed by atoms with van der Waals surface area (Å²) in [4.78, 5) is 30.8. The first kappa shape index (κ1) is 23.7. The summed E-state index contributed by atoms with van der Waals surface area (Å²) in [5.74, 6) is -0.252. The second-order valence-electron chi connectivity index (χ2n) is 7.24. The maximum atomic E-state index is 13.0. The van der Waals surface area contributed by atoms with E-state index in [1.54, 1.807) is 26.8 Å². The van der Waals surface area contributed by atoms with Crippen LogP contribution in [0.2, 0.25) is 0 Å². The molecule has 154 valence electrons. The van der Waals surface area contributed by atoms with Gasteiger partial charge < -0.3 is 10.1 Å². The molecule has 1 atom stereocenters. The van der Waals surface area contributed by atoms with Gasteiger partial charge in [-0.2, -0.15) is 0 Å². The Labute approximate surface area is 172 Å². The maximum absolute atomic E-state index is 13.0. The zero-order valence-electron chi connectivity index (χ0n) is 16.7. The lowest BCUT2D eigenvalue weighted by Gasteiger charge is -2.28. The third-order valence-corrected chi connectivity index (χ3v) is 3.80. The van der Waals surface area contributed by atoms with Crippen molar-refractivity contribution in [2.75, 3.05) is 12.4 Å². The van der Waals surface area contributed by atoms with Gasteiger partial charge in [0, 0.05) is 5.88 Å². The summed E-state index contributed by atoms with van der Waals surface area (Å²) in [6, 6.07) is 8.55. The third-order valence-electron chi connectivity index (χ3n) is 3.42. The summed E-state index contributed by atoms with van der Waals surface area (Å²) in [5.41, 5.74) is 0.831. The van der Waals surface area contributed by atoms with E-state index in [0.29, 0.717) is 5.57 Å². The fraction of sp³-hybridized carbons (Fsp3) is 0.429. The molecule has 0 heterocycles. The van der Waals surface area contributed by atoms with E-state index in [9.17, 15) is 9.59 Å². The molecule has 28 heavy (non-hydrogen) atoms. The number of hydroxylamine groups is 2. The van der Waals surface area contributed by atoms with Crippen LogP contribution in [0.4, 0.5) is 4.79 Å². The van der Waals surface area contributed by atoms with Gasteiger partial charge in [0.2, 0.25) is 0 Å². The lowest BCUT2D eigenvalue weighted by atomic mass is 10.2. The van der Waals surface area contributed by atoms with Crippen molar-refractivity contribution in [1.82, 2.24) is 10.4 Å². The summed E-state index contributed by atoms with van der Waals surface area (Å²) in [6.45, 7) is 13.0. The van der Waals surface area contributed by atoms with E-state index >= 15 is 0 Å². The lowest BCUT2D eigenvalue weighted by molar-refractivity contribution is -0.190. The van der Waals surface area contributed by atoms with E-state index in [-0.39, 0.29) is 25.5 Å². The third kappa shape index (κ3) is 9.06. The van der Waals surface area contributed by atoms with Crippen molar-refractivity contribution in [2.45, 2.75) is 45.4 Å². The molecular weight excluding hydrogens is 380 g/mol. The van der Waals surface area contributed by atoms with Crippen LogP contribution in [0.1, 0.15) is 32.8 Å². The fourth-order valence-electron chi connectivity index (χ4n) is 2.17. The van der Waals surface area contributed by atoms with E-state index < -0.39 is 23.6 Å². The lowest BCUT2D eigenvalue weighted by Crippen LogP contribution is -2.50. The highest BCUT2D eigenvalue weighted by Crippen LogP contribution is 2.11. The Morgan fingerprint density at radius 1 is 1.29 bits per heavy atom. The smallest absolute Gasteiger partial charge is 0.408 e. The monoisotopic (exact) mass is 408 g/mol. The maximum Gasteiger partial charge on any atom is 0.408 e. The number of halogens is 1. The predicted octanol–water partition coefficient (Wildman–Crippen LogP) is 4.21. The number of alkyl carbamates (subject to hydrolysis) is 1. The quantitative estimate of drug-likeness (QED) is 0.357. The van der Waals surface area contributed by atoms with Gasteiger partial charge in [-0.25, -0.2) is 9.86 Å². The normalized spacial score (nSPS) is 12.0. The average molecular weight is 409 g/mol. The molecule has 0 aliphatic rings. The molecule has 0 aromatic heterocycles. The van der Waals surface area contributed by atoms with Crippen LogP contribution in [-0.4, -0.2) is 41.1 Å². The predicted molar refractivity (Wildman–Crippen MR) is 111 cm³/mol. The van der Waals surface area contributed by atoms with Crippen molar-refractivity contribution < 1.29 is 19.2 Å². The largest absolute Gasteiger partial charge is 0.444 e. The molecule has 0 aliphatic carbocycles. The van der Waals surface area contributed by atoms with Crippen molar-refractivity contribution in [1.29, 1.82) is 0 Å². The van der Waals surface area contributed by atoms with Crippen LogP contribution in [0.3, 0.4) is 0 Å². The van der Waals surface area contributed by atoms with E-state index in [1.807, 2.05) is 30.3 Å². The standard InChI is InChI=1S/C21H29ClN2O4/c1-6-10-18(23-20(26)28-21(3,4)5)19(25)24(14-16(2)13-22)27-15-17-11-8-7-9-12-17/h6-9,11-12,18H,1-2,10,13-15H2,3-5H3,(H,23,26). The molecule has 0 radical (unpaired) electrons. The minimum Gasteiger partial charge on any atom is -0.444 e. The van der Waals surface area contributed by atoms with Crippen LogP contribution in [-0.2, 0) is 21.0 Å². The van der Waals surface area contributed by atoms with E-state index in [2.05, 4.69) is 18.5 Å². The Balaban J connectivity index is 2.89. The Morgan fingerprint density at radius 3 is 2.46 bits per heavy atom. The molecule has 0 aliphatic heterocycles. The number of nitrogens with one attached hydrogen (secondary N) is 1. The van der Waals surface area contributed by atoms with Crippen LogP contribution in [0, 0.1) is 0 Å². The SMILES string of the molecule is C=CCC(NC(=O)OC(C)(C)C)C(=O)N(CC(=C)CCl)OCc1ccccc1. The fourth-order valence-corrected chi connectivity index (χ4v) is 2.26. The molecule has 7 heteroatoms. The van der Waals surface area contributed by atoms with Gasteiger partial charge in [0.25, 0.3) is 5.91 Å². The van der Waals surface area contributed by atoms with Gasteiger partial charge in [0.05, 0.1) is 6.54 Å². The molecule has 1 unspecified atom stereocenters. The van der Waals surface area contributed by atoms with Gasteiger partial charge in [-0.3, -0.25) is 9.63 Å². The molecule has 1 N–H and O–H groups in total. The van der Waals surface area contributed by atoms with Gasteiger partial charge in [0.15, 0.2) is 0 Å². The summed E-state index contributed by atoms with van der Waals surface area (Å²) in [5, 5.41) is 3.75. The second kappa shape index (κ2) is 11.5. The van der Waals surface area contributed by atoms with Crippen molar-refractivity contribution >= 4 is 23.6 Å². The molecule has 0 fully saturated rings. The molecule has 1 aromatic rings. The molecule has 0 bridgehead atoms. The number of hydrogen-bond acceptors (Lipinski definition) is 4. The molecule has 6 nitrogen and oxygen atoms in total. The number of rotatable bonds is 10. The number of hydrogen-bond donors (Lipinski definition) is 1. The van der Waals surface area contributed by atoms with Gasteiger partial charge in [-0.15, -0.1) is 18.2 Å². The summed E-state index contributed by atoms with van der Waals surface area (Å²) in [6.07, 6.45) is 1.08. The van der Waals surface area contributed by atoms with Crippen LogP contribution in [0.5, 0.6) is 0 Å². The summed E-state index contributed by atoms with van der Waals surface area (Å²) in [7, 11) is 0. The van der Waals surface area contributed by atoms with Gasteiger partial charge in [0.1, 0.15) is 18.2 Å². The van der Waals surface area contributed by atoms with Crippen molar-refractivity contribution in [3.63, 3.8) is 0 Å². The molecule has 0 spiro atoms. The molecule has 2 amide bonds. The van der Waals surface area contributed by atoms with Gasteiger partial charge in [-0.05, 0) is 38.3 Å². The molecule has 0 saturated heterocycles. The number of carbonyl (C=O) groups excluding carboxylic acids is 2. The number of benzene rings is 1. The van der Waals surface area contributed by atoms with Gasteiger partial charge in [-0.1, -0.05) is 43.0 Å². The number of amides is 2. The van der Waals surface area contributed by atoms with Crippen LogP contribution >= 0.6 is 11.6 Å². The number of ether oxygens (including phenoxy) is 1. The highest BCUT2D eigenvalue weighted by Gasteiger charge is 2.28. The first-order chi connectivity index (χ1) is 13.2. The molecular formula is C21H29ClN2O4. The molecule has 1 aromatic carbocycles. The second-order valence-corrected chi connectivity index (χ2v) is 7.51. The highest BCUT2D eigenvalue weighted by atomic mass is 35.5. The number of nitrogens with zero attached hydrogens (tertiary/aromatic N) is 1. The Morgan fingerprint density at radius 2 is 1.93 bits per heavy atom. The van der Waals surface area contributed by atoms with E-state index in [0.717, 1.165) is 5.56 Å². The Kier molecular flexibility index (Phi) is 9.76. The van der Waals surface area contributed by atoms with E-state index in [1.165, 1.54) is 5.06 Å². The van der Waals surface area contributed by atoms with Crippen LogP contribution in [0.25, 0.3) is 0 Å². The number of carbonyl (C=O) groups is 2.